The summed E-state index contributed by atoms with van der Waals surface area (Å²) in [5.41, 5.74) is 1.74. The fraction of sp³-hybridized carbons (Fsp3) is 0.118. The predicted molar refractivity (Wildman–Crippen MR) is 103 cm³/mol. The number of aromatic nitrogens is 1. The second-order valence-electron chi connectivity index (χ2n) is 5.37. The van der Waals surface area contributed by atoms with Gasteiger partial charge in [-0.15, -0.1) is 10.2 Å². The van der Waals surface area contributed by atoms with Crippen LogP contribution in [0.3, 0.4) is 0 Å². The van der Waals surface area contributed by atoms with E-state index in [1.807, 2.05) is 31.2 Å². The molecule has 0 unspecified atom stereocenters. The van der Waals surface area contributed by atoms with Crippen LogP contribution in [0.4, 0.5) is 17.1 Å². The molecule has 8 nitrogen and oxygen atoms in total. The van der Waals surface area contributed by atoms with E-state index in [0.29, 0.717) is 17.9 Å². The minimum absolute atomic E-state index is 0.0135. The molecule has 0 bridgehead atoms. The summed E-state index contributed by atoms with van der Waals surface area (Å²) < 4.78 is 1.73. The van der Waals surface area contributed by atoms with Crippen LogP contribution in [0.2, 0.25) is 0 Å². The molecule has 0 aliphatic rings. The van der Waals surface area contributed by atoms with Crippen LogP contribution in [0, 0.1) is 10.1 Å². The largest absolute Gasteiger partial charge is 0.493 e. The standard InChI is InChI=1S/C17H15N5O3S/c1-2-21-14-6-4-3-5-13(14)15(16(21)23)19-20-17(26)18-11-7-9-12(10-8-11)22(24)25/h3-10,23H,2H2,1H3,(H,18,26). The van der Waals surface area contributed by atoms with Crippen LogP contribution in [0.25, 0.3) is 10.9 Å². The monoisotopic (exact) mass is 369 g/mol. The van der Waals surface area contributed by atoms with Crippen molar-refractivity contribution in [2.24, 2.45) is 10.2 Å². The Morgan fingerprint density at radius 2 is 1.96 bits per heavy atom. The Morgan fingerprint density at radius 3 is 2.62 bits per heavy atom. The summed E-state index contributed by atoms with van der Waals surface area (Å²) in [4.78, 5) is 10.2. The van der Waals surface area contributed by atoms with Gasteiger partial charge in [0, 0.05) is 29.8 Å². The van der Waals surface area contributed by atoms with E-state index in [1.165, 1.54) is 24.3 Å². The van der Waals surface area contributed by atoms with E-state index < -0.39 is 4.92 Å². The quantitative estimate of drug-likeness (QED) is 0.299. The summed E-state index contributed by atoms with van der Waals surface area (Å²) in [6.45, 7) is 2.52. The van der Waals surface area contributed by atoms with Crippen molar-refractivity contribution in [1.82, 2.24) is 4.57 Å². The van der Waals surface area contributed by atoms with Crippen molar-refractivity contribution in [3.63, 3.8) is 0 Å². The summed E-state index contributed by atoms with van der Waals surface area (Å²) in [6.07, 6.45) is 0. The molecule has 132 valence electrons. The molecule has 0 saturated carbocycles. The lowest BCUT2D eigenvalue weighted by molar-refractivity contribution is -0.384. The molecule has 3 rings (SSSR count). The van der Waals surface area contributed by atoms with Gasteiger partial charge in [0.15, 0.2) is 5.69 Å². The Hall–Kier alpha value is -3.33. The molecule has 26 heavy (non-hydrogen) atoms. The minimum Gasteiger partial charge on any atom is -0.493 e. The summed E-state index contributed by atoms with van der Waals surface area (Å²) >= 11 is 5.13. The van der Waals surface area contributed by atoms with E-state index in [4.69, 9.17) is 12.2 Å². The number of hydrogen-bond acceptors (Lipinski definition) is 5. The van der Waals surface area contributed by atoms with Crippen LogP contribution >= 0.6 is 12.2 Å². The molecule has 2 N–H and O–H groups in total. The maximum atomic E-state index is 10.7. The molecule has 0 atom stereocenters. The molecule has 0 saturated heterocycles. The van der Waals surface area contributed by atoms with Gasteiger partial charge in [0.05, 0.1) is 10.4 Å². The van der Waals surface area contributed by atoms with Gasteiger partial charge in [-0.25, -0.2) is 0 Å². The second-order valence-corrected chi connectivity index (χ2v) is 5.75. The molecule has 0 amide bonds. The number of aryl methyl sites for hydroxylation is 1. The first-order valence-electron chi connectivity index (χ1n) is 7.78. The Morgan fingerprint density at radius 1 is 1.27 bits per heavy atom. The zero-order chi connectivity index (χ0) is 18.7. The highest BCUT2D eigenvalue weighted by atomic mass is 32.1. The molecule has 9 heteroatoms. The first kappa shape index (κ1) is 17.5. The maximum absolute atomic E-state index is 10.7. The Kier molecular flexibility index (Phi) is 4.90. The summed E-state index contributed by atoms with van der Waals surface area (Å²) in [7, 11) is 0. The number of nitrogens with zero attached hydrogens (tertiary/aromatic N) is 4. The summed E-state index contributed by atoms with van der Waals surface area (Å²) in [6, 6.07) is 13.3. The van der Waals surface area contributed by atoms with Gasteiger partial charge in [-0.1, -0.05) is 18.2 Å². The molecule has 0 fully saturated rings. The van der Waals surface area contributed by atoms with Crippen molar-refractivity contribution in [3.8, 4) is 5.88 Å². The number of hydrogen-bond donors (Lipinski definition) is 2. The van der Waals surface area contributed by atoms with Gasteiger partial charge in [-0.05, 0) is 37.3 Å². The molecule has 3 aromatic rings. The lowest BCUT2D eigenvalue weighted by Gasteiger charge is -2.02. The highest BCUT2D eigenvalue weighted by molar-refractivity contribution is 7.80. The zero-order valence-corrected chi connectivity index (χ0v) is 14.6. The number of rotatable bonds is 4. The SMILES string of the molecule is CCn1c(O)c(N=NC(=S)Nc2ccc([N+](=O)[O-])cc2)c2ccccc21. The number of non-ortho nitro benzene ring substituents is 1. The van der Waals surface area contributed by atoms with Crippen molar-refractivity contribution >= 4 is 45.3 Å². The highest BCUT2D eigenvalue weighted by Gasteiger charge is 2.15. The van der Waals surface area contributed by atoms with Gasteiger partial charge >= 0.3 is 0 Å². The number of nitro groups is 1. The topological polar surface area (TPSA) is 105 Å². The van der Waals surface area contributed by atoms with E-state index >= 15 is 0 Å². The zero-order valence-electron chi connectivity index (χ0n) is 13.8. The van der Waals surface area contributed by atoms with Crippen molar-refractivity contribution < 1.29 is 10.0 Å². The van der Waals surface area contributed by atoms with Crippen LogP contribution in [-0.2, 0) is 6.54 Å². The van der Waals surface area contributed by atoms with Gasteiger partial charge < -0.3 is 15.0 Å². The molecule has 0 aliphatic carbocycles. The van der Waals surface area contributed by atoms with Gasteiger partial charge in [0.1, 0.15) is 0 Å². The maximum Gasteiger partial charge on any atom is 0.269 e. The third-order valence-electron chi connectivity index (χ3n) is 3.80. The van der Waals surface area contributed by atoms with Crippen LogP contribution in [0.5, 0.6) is 5.88 Å². The molecule has 0 aliphatic heterocycles. The number of aromatic hydroxyl groups is 1. The summed E-state index contributed by atoms with van der Waals surface area (Å²) in [5.74, 6) is 0.0237. The molecule has 1 heterocycles. The average molecular weight is 369 g/mol. The smallest absolute Gasteiger partial charge is 0.269 e. The fourth-order valence-electron chi connectivity index (χ4n) is 2.60. The number of benzene rings is 2. The van der Waals surface area contributed by atoms with Gasteiger partial charge in [-0.2, -0.15) is 0 Å². The number of fused-ring (bicyclic) bond motifs is 1. The summed E-state index contributed by atoms with van der Waals surface area (Å²) in [5, 5.41) is 32.7. The van der Waals surface area contributed by atoms with Gasteiger partial charge in [0.25, 0.3) is 5.69 Å². The molecule has 2 aromatic carbocycles. The van der Waals surface area contributed by atoms with Crippen LogP contribution in [0.1, 0.15) is 6.92 Å². The van der Waals surface area contributed by atoms with E-state index in [2.05, 4.69) is 15.5 Å². The first-order chi connectivity index (χ1) is 12.5. The van der Waals surface area contributed by atoms with E-state index in [9.17, 15) is 15.2 Å². The predicted octanol–water partition coefficient (Wildman–Crippen LogP) is 4.76. The molecular weight excluding hydrogens is 354 g/mol. The lowest BCUT2D eigenvalue weighted by Crippen LogP contribution is -2.04. The van der Waals surface area contributed by atoms with E-state index in [0.717, 1.165) is 10.9 Å². The molecule has 0 spiro atoms. The number of nitrogens with one attached hydrogen (secondary N) is 1. The van der Waals surface area contributed by atoms with Crippen molar-refractivity contribution in [2.45, 2.75) is 13.5 Å². The minimum atomic E-state index is -0.478. The third kappa shape index (κ3) is 3.38. The van der Waals surface area contributed by atoms with E-state index in [-0.39, 0.29) is 16.7 Å². The lowest BCUT2D eigenvalue weighted by atomic mass is 10.2. The number of thiocarbonyl (C=S) groups is 1. The number of anilines is 1. The van der Waals surface area contributed by atoms with Gasteiger partial charge in [-0.3, -0.25) is 10.1 Å². The first-order valence-corrected chi connectivity index (χ1v) is 8.19. The fourth-order valence-corrected chi connectivity index (χ4v) is 2.76. The van der Waals surface area contributed by atoms with Crippen molar-refractivity contribution in [3.05, 3.63) is 58.6 Å². The number of nitro benzene ring substituents is 1. The highest BCUT2D eigenvalue weighted by Crippen LogP contribution is 2.38. The van der Waals surface area contributed by atoms with Crippen molar-refractivity contribution in [2.75, 3.05) is 5.32 Å². The number of azo groups is 1. The molecule has 1 aromatic heterocycles. The van der Waals surface area contributed by atoms with Crippen molar-refractivity contribution in [1.29, 1.82) is 0 Å². The van der Waals surface area contributed by atoms with Crippen LogP contribution in [-0.4, -0.2) is 19.7 Å². The van der Waals surface area contributed by atoms with Gasteiger partial charge in [0.2, 0.25) is 11.0 Å². The third-order valence-corrected chi connectivity index (χ3v) is 3.99. The second kappa shape index (κ2) is 7.28. The van der Waals surface area contributed by atoms with Crippen LogP contribution in [0.15, 0.2) is 58.8 Å². The number of para-hydroxylation sites is 1. The van der Waals surface area contributed by atoms with Crippen LogP contribution < -0.4 is 5.32 Å². The molecule has 0 radical (unpaired) electrons. The molecular formula is C17H15N5O3S. The Labute approximate surface area is 153 Å². The Balaban J connectivity index is 1.81. The Bertz CT molecular complexity index is 1010. The normalized spacial score (nSPS) is 11.1. The van der Waals surface area contributed by atoms with E-state index in [1.54, 1.807) is 4.57 Å². The average Bonchev–Trinajstić information content (AvgIpc) is 2.91.